The van der Waals surface area contributed by atoms with E-state index in [-0.39, 0.29) is 0 Å². The van der Waals surface area contributed by atoms with E-state index in [0.717, 1.165) is 18.1 Å². The van der Waals surface area contributed by atoms with Gasteiger partial charge in [-0.1, -0.05) is 11.0 Å². The van der Waals surface area contributed by atoms with Gasteiger partial charge in [-0.3, -0.25) is 0 Å². The summed E-state index contributed by atoms with van der Waals surface area (Å²) < 4.78 is 0. The lowest BCUT2D eigenvalue weighted by atomic mass is 10.6. The molecule has 6 heavy (non-hydrogen) atoms. The van der Waals surface area contributed by atoms with Crippen molar-refractivity contribution in [1.29, 1.82) is 0 Å². The first kappa shape index (κ1) is 6.93. The van der Waals surface area contributed by atoms with Crippen molar-refractivity contribution in [1.82, 2.24) is 0 Å². The van der Waals surface area contributed by atoms with Gasteiger partial charge in [0.15, 0.2) is 0 Å². The van der Waals surface area contributed by atoms with Crippen LogP contribution in [0.4, 0.5) is 0 Å². The van der Waals surface area contributed by atoms with Crippen molar-refractivity contribution in [2.75, 3.05) is 11.6 Å². The molecule has 0 amide bonds. The summed E-state index contributed by atoms with van der Waals surface area (Å²) >= 11 is 5.31. The molecule has 0 aliphatic rings. The summed E-state index contributed by atoms with van der Waals surface area (Å²) in [6.45, 7) is 0. The van der Waals surface area contributed by atoms with Crippen molar-refractivity contribution < 1.29 is 0 Å². The smallest absolute Gasteiger partial charge is 0.0231 e. The highest BCUT2D eigenvalue weighted by molar-refractivity contribution is 8.21. The van der Waals surface area contributed by atoms with Crippen LogP contribution in [-0.4, -0.2) is 11.6 Å². The molecule has 0 unspecified atom stereocenters. The molecule has 3 heteroatoms. The molecule has 0 aliphatic carbocycles. The van der Waals surface area contributed by atoms with Gasteiger partial charge >= 0.3 is 0 Å². The van der Waals surface area contributed by atoms with Crippen LogP contribution in [0.15, 0.2) is 0 Å². The fraction of sp³-hybridized carbons (Fsp3) is 1.00. The molecular formula is C3H6Cl2S. The maximum absolute atomic E-state index is 5.31. The number of alkyl halides is 1. The van der Waals surface area contributed by atoms with Crippen molar-refractivity contribution in [3.63, 3.8) is 0 Å². The molecule has 0 bridgehead atoms. The summed E-state index contributed by atoms with van der Waals surface area (Å²) in [5, 5.41) is 0. The molecule has 0 fully saturated rings. The third-order valence-corrected chi connectivity index (χ3v) is 1.53. The Kier molecular flexibility index (Phi) is 6.85. The molecule has 0 nitrogen and oxygen atoms in total. The zero-order valence-electron chi connectivity index (χ0n) is 3.29. The van der Waals surface area contributed by atoms with E-state index in [0.29, 0.717) is 0 Å². The molecular weight excluding hydrogens is 139 g/mol. The highest BCUT2D eigenvalue weighted by atomic mass is 35.7. The van der Waals surface area contributed by atoms with E-state index in [1.807, 2.05) is 0 Å². The van der Waals surface area contributed by atoms with E-state index in [9.17, 15) is 0 Å². The molecule has 0 aromatic rings. The van der Waals surface area contributed by atoms with E-state index in [2.05, 4.69) is 0 Å². The molecule has 0 atom stereocenters. The number of hydrogen-bond acceptors (Lipinski definition) is 1. The Morgan fingerprint density at radius 2 is 2.17 bits per heavy atom. The van der Waals surface area contributed by atoms with Crippen LogP contribution in [0.3, 0.4) is 0 Å². The van der Waals surface area contributed by atoms with E-state index in [1.165, 1.54) is 11.0 Å². The first-order chi connectivity index (χ1) is 2.91. The van der Waals surface area contributed by atoms with Gasteiger partial charge < -0.3 is 0 Å². The molecule has 0 saturated heterocycles. The Balaban J connectivity index is 2.34. The predicted octanol–water partition coefficient (Wildman–Crippen LogP) is 2.50. The maximum atomic E-state index is 5.31. The van der Waals surface area contributed by atoms with Crippen LogP contribution < -0.4 is 0 Å². The Morgan fingerprint density at radius 1 is 1.50 bits per heavy atom. The number of rotatable bonds is 3. The second-order valence-electron chi connectivity index (χ2n) is 0.856. The van der Waals surface area contributed by atoms with Crippen LogP contribution in [0, 0.1) is 0 Å². The van der Waals surface area contributed by atoms with Crippen molar-refractivity contribution in [2.45, 2.75) is 6.42 Å². The third-order valence-electron chi connectivity index (χ3n) is 0.355. The minimum Gasteiger partial charge on any atom is -0.127 e. The van der Waals surface area contributed by atoms with Crippen LogP contribution in [0.1, 0.15) is 6.42 Å². The minimum absolute atomic E-state index is 0.722. The molecule has 0 saturated carbocycles. The quantitative estimate of drug-likeness (QED) is 0.434. The zero-order chi connectivity index (χ0) is 4.83. The van der Waals surface area contributed by atoms with Gasteiger partial charge in [0.1, 0.15) is 0 Å². The molecule has 38 valence electrons. The van der Waals surface area contributed by atoms with Gasteiger partial charge in [0.25, 0.3) is 0 Å². The number of hydrogen-bond donors (Lipinski definition) is 0. The van der Waals surface area contributed by atoms with E-state index >= 15 is 0 Å². The molecule has 0 rings (SSSR count). The lowest BCUT2D eigenvalue weighted by Gasteiger charge is -1.82. The summed E-state index contributed by atoms with van der Waals surface area (Å²) in [5.41, 5.74) is 0. The normalized spacial score (nSPS) is 9.00. The van der Waals surface area contributed by atoms with E-state index in [4.69, 9.17) is 22.3 Å². The topological polar surface area (TPSA) is 0 Å². The monoisotopic (exact) mass is 144 g/mol. The van der Waals surface area contributed by atoms with E-state index in [1.54, 1.807) is 0 Å². The first-order valence-electron chi connectivity index (χ1n) is 1.71. The molecule has 0 heterocycles. The summed E-state index contributed by atoms with van der Waals surface area (Å²) in [6.07, 6.45) is 1.01. The van der Waals surface area contributed by atoms with Crippen LogP contribution in [-0.2, 0) is 0 Å². The molecule has 0 aromatic carbocycles. The Bertz CT molecular complexity index is 20.8. The molecule has 0 spiro atoms. The summed E-state index contributed by atoms with van der Waals surface area (Å²) in [5.74, 6) is 1.69. The standard InChI is InChI=1S/C3H6Cl2S/c4-2-1-3-6-5/h1-3H2. The van der Waals surface area contributed by atoms with Gasteiger partial charge in [0.2, 0.25) is 0 Å². The van der Waals surface area contributed by atoms with Crippen molar-refractivity contribution >= 4 is 33.3 Å². The zero-order valence-corrected chi connectivity index (χ0v) is 5.61. The highest BCUT2D eigenvalue weighted by Gasteiger charge is 1.78. The number of halogens is 2. The second kappa shape index (κ2) is 5.93. The molecule has 0 aromatic heterocycles. The second-order valence-corrected chi connectivity index (χ2v) is 2.51. The largest absolute Gasteiger partial charge is 0.127 e. The van der Waals surface area contributed by atoms with Gasteiger partial charge in [0.05, 0.1) is 0 Å². The predicted molar refractivity (Wildman–Crippen MR) is 33.6 cm³/mol. The fourth-order valence-corrected chi connectivity index (χ4v) is 0.982. The first-order valence-corrected chi connectivity index (χ1v) is 4.06. The summed E-state index contributed by atoms with van der Waals surface area (Å²) in [4.78, 5) is 0. The Hall–Kier alpha value is 0.930. The molecule has 0 N–H and O–H groups in total. The molecule has 0 aliphatic heterocycles. The average molecular weight is 145 g/mol. The lowest BCUT2D eigenvalue weighted by molar-refractivity contribution is 1.12. The van der Waals surface area contributed by atoms with Crippen LogP contribution in [0.2, 0.25) is 0 Å². The molecule has 0 radical (unpaired) electrons. The highest BCUT2D eigenvalue weighted by Crippen LogP contribution is 2.06. The van der Waals surface area contributed by atoms with Gasteiger partial charge in [-0.15, -0.1) is 11.6 Å². The Morgan fingerprint density at radius 3 is 2.33 bits per heavy atom. The maximum Gasteiger partial charge on any atom is 0.0231 e. The van der Waals surface area contributed by atoms with E-state index < -0.39 is 0 Å². The summed E-state index contributed by atoms with van der Waals surface area (Å²) in [7, 11) is 6.55. The SMILES string of the molecule is ClCCCSCl. The van der Waals surface area contributed by atoms with Gasteiger partial charge in [0, 0.05) is 11.6 Å². The average Bonchev–Trinajstić information content (AvgIpc) is 1.61. The third kappa shape index (κ3) is 4.93. The lowest BCUT2D eigenvalue weighted by Crippen LogP contribution is -1.73. The summed E-state index contributed by atoms with van der Waals surface area (Å²) in [6, 6.07) is 0. The minimum atomic E-state index is 0.722. The van der Waals surface area contributed by atoms with Crippen LogP contribution >= 0.6 is 33.3 Å². The van der Waals surface area contributed by atoms with Crippen molar-refractivity contribution in [3.8, 4) is 0 Å². The van der Waals surface area contributed by atoms with Gasteiger partial charge in [-0.2, -0.15) is 0 Å². The fourth-order valence-electron chi connectivity index (χ4n) is 0.109. The van der Waals surface area contributed by atoms with Gasteiger partial charge in [-0.25, -0.2) is 0 Å². The van der Waals surface area contributed by atoms with Crippen molar-refractivity contribution in [3.05, 3.63) is 0 Å². The van der Waals surface area contributed by atoms with Crippen LogP contribution in [0.25, 0.3) is 0 Å². The van der Waals surface area contributed by atoms with Crippen molar-refractivity contribution in [2.24, 2.45) is 0 Å². The Labute approximate surface area is 51.7 Å². The van der Waals surface area contributed by atoms with Gasteiger partial charge in [-0.05, 0) is 17.1 Å². The van der Waals surface area contributed by atoms with Crippen LogP contribution in [0.5, 0.6) is 0 Å².